The molecule has 1 aliphatic rings. The normalized spacial score (nSPS) is 17.0. The minimum atomic E-state index is -0.995. The lowest BCUT2D eigenvalue weighted by Gasteiger charge is -2.26. The third-order valence-corrected chi connectivity index (χ3v) is 5.17. The monoisotopic (exact) mass is 369 g/mol. The van der Waals surface area contributed by atoms with Crippen LogP contribution in [-0.2, 0) is 0 Å². The molecule has 1 saturated heterocycles. The minimum Gasteiger partial charge on any atom is -0.465 e. The molecule has 3 rings (SSSR count). The van der Waals surface area contributed by atoms with Crippen molar-refractivity contribution in [1.82, 2.24) is 4.90 Å². The molecule has 1 fully saturated rings. The molecule has 0 bridgehead atoms. The molecule has 1 atom stereocenters. The molecule has 0 aromatic heterocycles. The number of likely N-dealkylation sites (tertiary alicyclic amines) is 1. The highest BCUT2D eigenvalue weighted by Gasteiger charge is 2.24. The van der Waals surface area contributed by atoms with Gasteiger partial charge in [0, 0.05) is 30.3 Å². The van der Waals surface area contributed by atoms with Gasteiger partial charge in [0.25, 0.3) is 5.69 Å². The Morgan fingerprint density at radius 1 is 1.26 bits per heavy atom. The summed E-state index contributed by atoms with van der Waals surface area (Å²) in [6, 6.07) is 13.8. The van der Waals surface area contributed by atoms with Gasteiger partial charge in [0.1, 0.15) is 0 Å². The first-order valence-corrected chi connectivity index (χ1v) is 9.02. The zero-order chi connectivity index (χ0) is 19.4. The molecule has 0 aliphatic carbocycles. The average Bonchev–Trinajstić information content (AvgIpc) is 3.07. The lowest BCUT2D eigenvalue weighted by atomic mass is 10.0. The van der Waals surface area contributed by atoms with Gasteiger partial charge < -0.3 is 10.0 Å². The van der Waals surface area contributed by atoms with Crippen molar-refractivity contribution in [2.24, 2.45) is 0 Å². The Morgan fingerprint density at radius 2 is 1.96 bits per heavy atom. The van der Waals surface area contributed by atoms with Crippen LogP contribution in [0.2, 0.25) is 0 Å². The molecule has 1 heterocycles. The van der Waals surface area contributed by atoms with Gasteiger partial charge in [-0.3, -0.25) is 15.0 Å². The van der Waals surface area contributed by atoms with Gasteiger partial charge in [-0.05, 0) is 56.6 Å². The van der Waals surface area contributed by atoms with Crippen LogP contribution in [0.15, 0.2) is 48.5 Å². The Hall–Kier alpha value is -2.93. The van der Waals surface area contributed by atoms with Crippen molar-refractivity contribution in [3.8, 4) is 11.1 Å². The largest absolute Gasteiger partial charge is 0.465 e. The highest BCUT2D eigenvalue weighted by molar-refractivity contribution is 5.92. The second kappa shape index (κ2) is 8.18. The molecule has 142 valence electrons. The van der Waals surface area contributed by atoms with E-state index in [1.165, 1.54) is 17.0 Å². The van der Waals surface area contributed by atoms with E-state index >= 15 is 0 Å². The summed E-state index contributed by atoms with van der Waals surface area (Å²) in [4.78, 5) is 26.0. The van der Waals surface area contributed by atoms with Crippen molar-refractivity contribution in [3.05, 3.63) is 58.6 Å². The average molecular weight is 369 g/mol. The van der Waals surface area contributed by atoms with Gasteiger partial charge in [-0.1, -0.05) is 18.2 Å². The molecular formula is C20H23N3O4. The summed E-state index contributed by atoms with van der Waals surface area (Å²) >= 11 is 0. The maximum atomic E-state index is 11.9. The number of rotatable bonds is 6. The smallest absolute Gasteiger partial charge is 0.411 e. The van der Waals surface area contributed by atoms with Gasteiger partial charge >= 0.3 is 6.09 Å². The van der Waals surface area contributed by atoms with E-state index in [0.29, 0.717) is 18.3 Å². The van der Waals surface area contributed by atoms with Crippen LogP contribution < -0.4 is 4.90 Å². The number of nitrogens with zero attached hydrogens (tertiary/aromatic N) is 3. The molecular weight excluding hydrogens is 346 g/mol. The highest BCUT2D eigenvalue weighted by atomic mass is 16.6. The van der Waals surface area contributed by atoms with E-state index in [1.807, 2.05) is 18.2 Å². The standard InChI is InChI=1S/C20H23N3O4/c1-21-13-4-5-16(21)12-14-22(20(24)25)19-7-3-2-6-18(19)15-8-10-17(11-9-15)23(26)27/h2-3,6-11,16H,4-5,12-14H2,1H3,(H,24,25). The summed E-state index contributed by atoms with van der Waals surface area (Å²) in [5, 5.41) is 20.6. The van der Waals surface area contributed by atoms with Crippen LogP contribution in [-0.4, -0.2) is 47.2 Å². The quantitative estimate of drug-likeness (QED) is 0.608. The van der Waals surface area contributed by atoms with Gasteiger partial charge in [0.05, 0.1) is 10.6 Å². The number of nitro groups is 1. The van der Waals surface area contributed by atoms with E-state index in [0.717, 1.165) is 36.9 Å². The number of hydrogen-bond acceptors (Lipinski definition) is 4. The summed E-state index contributed by atoms with van der Waals surface area (Å²) in [5.41, 5.74) is 2.10. The number of carboxylic acid groups (broad SMARTS) is 1. The molecule has 0 radical (unpaired) electrons. The fourth-order valence-electron chi connectivity index (χ4n) is 3.66. The lowest BCUT2D eigenvalue weighted by molar-refractivity contribution is -0.384. The Bertz CT molecular complexity index is 822. The SMILES string of the molecule is CN1CCCC1CCN(C(=O)O)c1ccccc1-c1ccc([N+](=O)[O-])cc1. The van der Waals surface area contributed by atoms with Gasteiger partial charge in [0.15, 0.2) is 0 Å². The molecule has 0 spiro atoms. The van der Waals surface area contributed by atoms with E-state index in [-0.39, 0.29) is 5.69 Å². The van der Waals surface area contributed by atoms with E-state index in [4.69, 9.17) is 0 Å². The molecule has 2 aromatic rings. The number of hydrogen-bond donors (Lipinski definition) is 1. The van der Waals surface area contributed by atoms with Gasteiger partial charge in [-0.2, -0.15) is 0 Å². The van der Waals surface area contributed by atoms with E-state index < -0.39 is 11.0 Å². The summed E-state index contributed by atoms with van der Waals surface area (Å²) in [7, 11) is 2.08. The minimum absolute atomic E-state index is 0.00981. The van der Waals surface area contributed by atoms with Crippen LogP contribution in [0.5, 0.6) is 0 Å². The molecule has 0 saturated carbocycles. The zero-order valence-electron chi connectivity index (χ0n) is 15.2. The molecule has 27 heavy (non-hydrogen) atoms. The fraction of sp³-hybridized carbons (Fsp3) is 0.350. The first-order chi connectivity index (χ1) is 13.0. The van der Waals surface area contributed by atoms with Gasteiger partial charge in [0.2, 0.25) is 0 Å². The maximum absolute atomic E-state index is 11.9. The van der Waals surface area contributed by atoms with E-state index in [9.17, 15) is 20.0 Å². The number of non-ortho nitro benzene ring substituents is 1. The number of carbonyl (C=O) groups is 1. The van der Waals surface area contributed by atoms with E-state index in [2.05, 4.69) is 11.9 Å². The third kappa shape index (κ3) is 4.25. The van der Waals surface area contributed by atoms with Crippen LogP contribution in [0.1, 0.15) is 19.3 Å². The summed E-state index contributed by atoms with van der Waals surface area (Å²) in [5.74, 6) is 0. The number of anilines is 1. The molecule has 2 aromatic carbocycles. The van der Waals surface area contributed by atoms with Crippen molar-refractivity contribution in [1.29, 1.82) is 0 Å². The van der Waals surface area contributed by atoms with Gasteiger partial charge in [-0.15, -0.1) is 0 Å². The summed E-state index contributed by atoms with van der Waals surface area (Å²) < 4.78 is 0. The summed E-state index contributed by atoms with van der Waals surface area (Å²) in [6.45, 7) is 1.46. The van der Waals surface area contributed by atoms with Gasteiger partial charge in [-0.25, -0.2) is 4.79 Å². The number of para-hydroxylation sites is 1. The van der Waals surface area contributed by atoms with Crippen molar-refractivity contribution in [2.45, 2.75) is 25.3 Å². The Labute approximate surface area is 158 Å². The zero-order valence-corrected chi connectivity index (χ0v) is 15.2. The number of amides is 1. The molecule has 1 N–H and O–H groups in total. The second-order valence-corrected chi connectivity index (χ2v) is 6.82. The van der Waals surface area contributed by atoms with E-state index in [1.54, 1.807) is 18.2 Å². The molecule has 1 unspecified atom stereocenters. The molecule has 1 aliphatic heterocycles. The Kier molecular flexibility index (Phi) is 5.71. The van der Waals surface area contributed by atoms with Crippen molar-refractivity contribution in [3.63, 3.8) is 0 Å². The topological polar surface area (TPSA) is 86.9 Å². The summed E-state index contributed by atoms with van der Waals surface area (Å²) in [6.07, 6.45) is 2.02. The van der Waals surface area contributed by atoms with Crippen molar-refractivity contribution < 1.29 is 14.8 Å². The van der Waals surface area contributed by atoms with Crippen LogP contribution in [0, 0.1) is 10.1 Å². The van der Waals surface area contributed by atoms with Crippen LogP contribution in [0.25, 0.3) is 11.1 Å². The first kappa shape index (κ1) is 18.8. The predicted molar refractivity (Wildman–Crippen MR) is 104 cm³/mol. The highest BCUT2D eigenvalue weighted by Crippen LogP contribution is 2.32. The lowest BCUT2D eigenvalue weighted by Crippen LogP contribution is -2.35. The predicted octanol–water partition coefficient (Wildman–Crippen LogP) is 4.23. The number of nitro benzene ring substituents is 1. The second-order valence-electron chi connectivity index (χ2n) is 6.82. The van der Waals surface area contributed by atoms with Crippen LogP contribution in [0.4, 0.5) is 16.2 Å². The van der Waals surface area contributed by atoms with Crippen LogP contribution in [0.3, 0.4) is 0 Å². The Balaban J connectivity index is 1.87. The fourth-order valence-corrected chi connectivity index (χ4v) is 3.66. The maximum Gasteiger partial charge on any atom is 0.411 e. The number of benzene rings is 2. The Morgan fingerprint density at radius 3 is 2.56 bits per heavy atom. The van der Waals surface area contributed by atoms with Crippen molar-refractivity contribution >= 4 is 17.5 Å². The van der Waals surface area contributed by atoms with Crippen molar-refractivity contribution in [2.75, 3.05) is 25.0 Å². The molecule has 7 nitrogen and oxygen atoms in total. The molecule has 7 heteroatoms. The third-order valence-electron chi connectivity index (χ3n) is 5.17. The molecule has 1 amide bonds. The first-order valence-electron chi connectivity index (χ1n) is 9.02. The van der Waals surface area contributed by atoms with Crippen LogP contribution >= 0.6 is 0 Å².